The number of nitrogens with one attached hydrogen (secondary N) is 1. The number of quaternary nitrogens is 1. The molecule has 70 valence electrons. The summed E-state index contributed by atoms with van der Waals surface area (Å²) < 4.78 is 0.656. The molecule has 0 fully saturated rings. The molecule has 1 rings (SSSR count). The largest absolute Gasteiger partial charge is 0.632 e. The van der Waals surface area contributed by atoms with Crippen LogP contribution in [0.15, 0.2) is 0 Å². The SMILES string of the molecule is CC1C=[N+]([O-])C(C)(C)C(O)[NH+]1[O-]. The fraction of sp³-hybridized carbons (Fsp3) is 0.857. The van der Waals surface area contributed by atoms with Gasteiger partial charge in [-0.25, -0.2) is 0 Å². The van der Waals surface area contributed by atoms with Crippen molar-refractivity contribution in [2.24, 2.45) is 0 Å². The Morgan fingerprint density at radius 1 is 1.58 bits per heavy atom. The maximum absolute atomic E-state index is 11.2. The van der Waals surface area contributed by atoms with E-state index in [2.05, 4.69) is 0 Å². The van der Waals surface area contributed by atoms with Crippen LogP contribution in [0.5, 0.6) is 0 Å². The highest BCUT2D eigenvalue weighted by Crippen LogP contribution is 2.12. The van der Waals surface area contributed by atoms with E-state index >= 15 is 0 Å². The molecular formula is C7H14N2O3. The lowest BCUT2D eigenvalue weighted by atomic mass is 10.0. The number of hydrogen-bond acceptors (Lipinski definition) is 3. The van der Waals surface area contributed by atoms with Gasteiger partial charge in [-0.2, -0.15) is 4.74 Å². The summed E-state index contributed by atoms with van der Waals surface area (Å²) in [4.78, 5) is 0. The zero-order valence-electron chi connectivity index (χ0n) is 7.44. The van der Waals surface area contributed by atoms with E-state index in [0.29, 0.717) is 4.74 Å². The van der Waals surface area contributed by atoms with E-state index in [0.717, 1.165) is 0 Å². The van der Waals surface area contributed by atoms with Crippen LogP contribution in [0, 0.1) is 10.4 Å². The molecule has 0 saturated heterocycles. The van der Waals surface area contributed by atoms with Gasteiger partial charge in [0.25, 0.3) is 6.23 Å². The molecule has 0 saturated carbocycles. The monoisotopic (exact) mass is 174 g/mol. The van der Waals surface area contributed by atoms with Crippen LogP contribution in [-0.4, -0.2) is 33.9 Å². The molecule has 0 aromatic rings. The first-order chi connectivity index (χ1) is 5.37. The van der Waals surface area contributed by atoms with Gasteiger partial charge in [0.2, 0.25) is 11.8 Å². The Balaban J connectivity index is 3.01. The first kappa shape index (κ1) is 9.44. The number of hydroxylamine groups is 3. The number of nitrogens with zero attached hydrogens (tertiary/aromatic N) is 1. The average Bonchev–Trinajstić information content (AvgIpc) is 1.99. The maximum Gasteiger partial charge on any atom is 0.256 e. The van der Waals surface area contributed by atoms with Crippen LogP contribution in [0.3, 0.4) is 0 Å². The molecule has 0 aromatic carbocycles. The molecule has 3 unspecified atom stereocenters. The summed E-state index contributed by atoms with van der Waals surface area (Å²) in [6.07, 6.45) is 0.115. The zero-order valence-corrected chi connectivity index (χ0v) is 7.44. The second-order valence-electron chi connectivity index (χ2n) is 3.72. The molecule has 5 heteroatoms. The summed E-state index contributed by atoms with van der Waals surface area (Å²) in [6, 6.07) is -0.481. The molecular weight excluding hydrogens is 160 g/mol. The summed E-state index contributed by atoms with van der Waals surface area (Å²) >= 11 is 0. The van der Waals surface area contributed by atoms with E-state index in [1.807, 2.05) is 0 Å². The summed E-state index contributed by atoms with van der Waals surface area (Å²) in [5, 5.41) is 31.6. The minimum Gasteiger partial charge on any atom is -0.632 e. The van der Waals surface area contributed by atoms with E-state index in [4.69, 9.17) is 0 Å². The standard InChI is InChI=1S/C7H14N2O3/c1-5-4-8(11)7(2,3)6(10)9(5)12/h4-6,9-10H,1-3H3. The third-order valence-electron chi connectivity index (χ3n) is 2.31. The van der Waals surface area contributed by atoms with Gasteiger partial charge in [0.05, 0.1) is 0 Å². The minimum absolute atomic E-state index is 0.285. The van der Waals surface area contributed by atoms with E-state index < -0.39 is 17.8 Å². The van der Waals surface area contributed by atoms with Crippen LogP contribution in [-0.2, 0) is 0 Å². The van der Waals surface area contributed by atoms with Crippen molar-refractivity contribution in [2.45, 2.75) is 38.6 Å². The lowest BCUT2D eigenvalue weighted by Crippen LogP contribution is -3.19. The lowest BCUT2D eigenvalue weighted by Gasteiger charge is -2.41. The van der Waals surface area contributed by atoms with Crippen molar-refractivity contribution < 1.29 is 14.9 Å². The van der Waals surface area contributed by atoms with E-state index in [1.165, 1.54) is 6.21 Å². The molecule has 2 N–H and O–H groups in total. The van der Waals surface area contributed by atoms with Crippen molar-refractivity contribution in [1.82, 2.24) is 0 Å². The number of aliphatic hydroxyl groups excluding tert-OH is 1. The van der Waals surface area contributed by atoms with Gasteiger partial charge in [-0.15, -0.1) is 0 Å². The highest BCUT2D eigenvalue weighted by atomic mass is 16.5. The van der Waals surface area contributed by atoms with Crippen LogP contribution >= 0.6 is 0 Å². The van der Waals surface area contributed by atoms with Crippen LogP contribution in [0.25, 0.3) is 0 Å². The van der Waals surface area contributed by atoms with E-state index in [9.17, 15) is 15.5 Å². The first-order valence-electron chi connectivity index (χ1n) is 3.90. The third kappa shape index (κ3) is 1.20. The Morgan fingerprint density at radius 3 is 2.58 bits per heavy atom. The Morgan fingerprint density at radius 2 is 2.08 bits per heavy atom. The van der Waals surface area contributed by atoms with Gasteiger partial charge in [0, 0.05) is 13.8 Å². The fourth-order valence-electron chi connectivity index (χ4n) is 1.19. The van der Waals surface area contributed by atoms with E-state index in [1.54, 1.807) is 20.8 Å². The number of hydrogen-bond donors (Lipinski definition) is 2. The predicted octanol–water partition coefficient (Wildman–Crippen LogP) is -1.55. The van der Waals surface area contributed by atoms with Crippen LogP contribution in [0.2, 0.25) is 0 Å². The molecule has 1 aliphatic rings. The normalized spacial score (nSPS) is 40.8. The molecule has 0 spiro atoms. The second-order valence-corrected chi connectivity index (χ2v) is 3.72. The molecule has 1 heterocycles. The minimum atomic E-state index is -1.19. The van der Waals surface area contributed by atoms with Crippen LogP contribution < -0.4 is 5.06 Å². The van der Waals surface area contributed by atoms with Crippen molar-refractivity contribution >= 4 is 6.21 Å². The fourth-order valence-corrected chi connectivity index (χ4v) is 1.19. The van der Waals surface area contributed by atoms with Crippen molar-refractivity contribution in [3.8, 4) is 0 Å². The summed E-state index contributed by atoms with van der Waals surface area (Å²) in [5.41, 5.74) is -1.02. The molecule has 3 atom stereocenters. The van der Waals surface area contributed by atoms with Gasteiger partial charge in [0.1, 0.15) is 0 Å². The lowest BCUT2D eigenvalue weighted by molar-refractivity contribution is -0.945. The first-order valence-corrected chi connectivity index (χ1v) is 3.90. The Labute approximate surface area is 71.1 Å². The summed E-state index contributed by atoms with van der Waals surface area (Å²) in [5.74, 6) is 0. The number of rotatable bonds is 0. The predicted molar refractivity (Wildman–Crippen MR) is 43.6 cm³/mol. The molecule has 12 heavy (non-hydrogen) atoms. The highest BCUT2D eigenvalue weighted by molar-refractivity contribution is 5.57. The van der Waals surface area contributed by atoms with Gasteiger partial charge < -0.3 is 20.6 Å². The van der Waals surface area contributed by atoms with Crippen LogP contribution in [0.1, 0.15) is 20.8 Å². The van der Waals surface area contributed by atoms with Crippen molar-refractivity contribution in [3.63, 3.8) is 0 Å². The molecule has 1 aliphatic heterocycles. The van der Waals surface area contributed by atoms with E-state index in [-0.39, 0.29) is 5.06 Å². The van der Waals surface area contributed by atoms with Gasteiger partial charge >= 0.3 is 0 Å². The topological polar surface area (TPSA) is 73.8 Å². The molecule has 0 aliphatic carbocycles. The highest BCUT2D eigenvalue weighted by Gasteiger charge is 2.46. The van der Waals surface area contributed by atoms with Gasteiger partial charge in [-0.3, -0.25) is 0 Å². The molecule has 5 nitrogen and oxygen atoms in total. The number of aliphatic hydroxyl groups is 1. The van der Waals surface area contributed by atoms with Gasteiger partial charge in [-0.05, 0) is 6.92 Å². The summed E-state index contributed by atoms with van der Waals surface area (Å²) in [7, 11) is 0. The molecule has 0 radical (unpaired) electrons. The maximum atomic E-state index is 11.2. The van der Waals surface area contributed by atoms with Crippen LogP contribution in [0.4, 0.5) is 0 Å². The molecule has 0 amide bonds. The van der Waals surface area contributed by atoms with Gasteiger partial charge in [-0.1, -0.05) is 0 Å². The quantitative estimate of drug-likeness (QED) is 0.345. The van der Waals surface area contributed by atoms with Crippen molar-refractivity contribution in [2.75, 3.05) is 0 Å². The zero-order chi connectivity index (χ0) is 9.52. The summed E-state index contributed by atoms with van der Waals surface area (Å²) in [6.45, 7) is 4.70. The molecule has 0 bridgehead atoms. The van der Waals surface area contributed by atoms with Crippen molar-refractivity contribution in [3.05, 3.63) is 10.4 Å². The Bertz CT molecular complexity index is 215. The smallest absolute Gasteiger partial charge is 0.256 e. The average molecular weight is 174 g/mol. The molecule has 0 aromatic heterocycles. The van der Waals surface area contributed by atoms with Crippen molar-refractivity contribution in [1.29, 1.82) is 0 Å². The third-order valence-corrected chi connectivity index (χ3v) is 2.31. The second kappa shape index (κ2) is 2.69. The Kier molecular flexibility index (Phi) is 2.11. The van der Waals surface area contributed by atoms with Gasteiger partial charge in [0.15, 0.2) is 6.04 Å². The Hall–Kier alpha value is -0.650.